The molecule has 3 rings (SSSR count). The molecule has 112 valence electrons. The summed E-state index contributed by atoms with van der Waals surface area (Å²) in [7, 11) is 0. The SMILES string of the molecule is Cc1c(Cl)cccc1NC=CC(=O)c1ccc2c(c1)OCO2. The van der Waals surface area contributed by atoms with Gasteiger partial charge in [-0.25, -0.2) is 0 Å². The van der Waals surface area contributed by atoms with Crippen molar-refractivity contribution in [3.8, 4) is 11.5 Å². The van der Waals surface area contributed by atoms with Crippen molar-refractivity contribution in [3.63, 3.8) is 0 Å². The number of ketones is 1. The largest absolute Gasteiger partial charge is 0.454 e. The van der Waals surface area contributed by atoms with Gasteiger partial charge in [0.2, 0.25) is 6.79 Å². The van der Waals surface area contributed by atoms with Crippen molar-refractivity contribution in [1.29, 1.82) is 0 Å². The van der Waals surface area contributed by atoms with Crippen molar-refractivity contribution in [1.82, 2.24) is 0 Å². The minimum atomic E-state index is -0.120. The number of nitrogens with one attached hydrogen (secondary N) is 1. The van der Waals surface area contributed by atoms with Crippen molar-refractivity contribution in [2.45, 2.75) is 6.92 Å². The van der Waals surface area contributed by atoms with E-state index in [1.807, 2.05) is 25.1 Å². The molecule has 1 heterocycles. The monoisotopic (exact) mass is 315 g/mol. The summed E-state index contributed by atoms with van der Waals surface area (Å²) >= 11 is 6.05. The van der Waals surface area contributed by atoms with Gasteiger partial charge in [-0.1, -0.05) is 17.7 Å². The van der Waals surface area contributed by atoms with E-state index >= 15 is 0 Å². The third-order valence-corrected chi connectivity index (χ3v) is 3.81. The summed E-state index contributed by atoms with van der Waals surface area (Å²) in [6, 6.07) is 10.7. The zero-order valence-electron chi connectivity index (χ0n) is 11.9. The van der Waals surface area contributed by atoms with E-state index in [1.165, 1.54) is 6.08 Å². The number of carbonyl (C=O) groups excluding carboxylic acids is 1. The number of benzene rings is 2. The lowest BCUT2D eigenvalue weighted by Crippen LogP contribution is -1.97. The van der Waals surface area contributed by atoms with E-state index < -0.39 is 0 Å². The van der Waals surface area contributed by atoms with Crippen LogP contribution in [0.4, 0.5) is 5.69 Å². The van der Waals surface area contributed by atoms with Gasteiger partial charge in [-0.2, -0.15) is 0 Å². The first-order valence-electron chi connectivity index (χ1n) is 6.77. The Bertz CT molecular complexity index is 756. The lowest BCUT2D eigenvalue weighted by Gasteiger charge is -2.06. The highest BCUT2D eigenvalue weighted by atomic mass is 35.5. The average Bonchev–Trinajstić information content (AvgIpc) is 2.98. The molecule has 0 aliphatic carbocycles. The molecule has 0 bridgehead atoms. The smallest absolute Gasteiger partial charge is 0.231 e. The van der Waals surface area contributed by atoms with Gasteiger partial charge in [0.05, 0.1) is 0 Å². The van der Waals surface area contributed by atoms with Crippen molar-refractivity contribution in [3.05, 3.63) is 64.8 Å². The summed E-state index contributed by atoms with van der Waals surface area (Å²) in [6.45, 7) is 2.11. The minimum Gasteiger partial charge on any atom is -0.454 e. The molecule has 0 radical (unpaired) electrons. The Morgan fingerprint density at radius 2 is 2.05 bits per heavy atom. The van der Waals surface area contributed by atoms with Crippen LogP contribution in [0.5, 0.6) is 11.5 Å². The summed E-state index contributed by atoms with van der Waals surface area (Å²) < 4.78 is 10.5. The van der Waals surface area contributed by atoms with Gasteiger partial charge in [-0.05, 0) is 42.8 Å². The number of hydrogen-bond acceptors (Lipinski definition) is 4. The highest BCUT2D eigenvalue weighted by Crippen LogP contribution is 2.32. The van der Waals surface area contributed by atoms with E-state index in [0.717, 1.165) is 11.3 Å². The number of fused-ring (bicyclic) bond motifs is 1. The Morgan fingerprint density at radius 3 is 2.91 bits per heavy atom. The third kappa shape index (κ3) is 2.92. The first kappa shape index (κ1) is 14.5. The van der Waals surface area contributed by atoms with Crippen LogP contribution in [0.1, 0.15) is 15.9 Å². The van der Waals surface area contributed by atoms with E-state index in [-0.39, 0.29) is 12.6 Å². The summed E-state index contributed by atoms with van der Waals surface area (Å²) in [4.78, 5) is 12.1. The van der Waals surface area contributed by atoms with Gasteiger partial charge in [0.25, 0.3) is 0 Å². The fourth-order valence-corrected chi connectivity index (χ4v) is 2.29. The van der Waals surface area contributed by atoms with Crippen LogP contribution in [-0.4, -0.2) is 12.6 Å². The van der Waals surface area contributed by atoms with Gasteiger partial charge in [-0.15, -0.1) is 0 Å². The molecule has 5 heteroatoms. The first-order chi connectivity index (χ1) is 10.6. The van der Waals surface area contributed by atoms with E-state index in [2.05, 4.69) is 5.32 Å². The predicted molar refractivity (Wildman–Crippen MR) is 85.8 cm³/mol. The Balaban J connectivity index is 1.70. The summed E-state index contributed by atoms with van der Waals surface area (Å²) in [5, 5.41) is 3.75. The zero-order valence-corrected chi connectivity index (χ0v) is 12.7. The van der Waals surface area contributed by atoms with E-state index in [9.17, 15) is 4.79 Å². The van der Waals surface area contributed by atoms with E-state index in [4.69, 9.17) is 21.1 Å². The number of hydrogen-bond donors (Lipinski definition) is 1. The van der Waals surface area contributed by atoms with Crippen LogP contribution >= 0.6 is 11.6 Å². The Morgan fingerprint density at radius 1 is 1.23 bits per heavy atom. The second-order valence-electron chi connectivity index (χ2n) is 4.82. The molecule has 1 aliphatic rings. The maximum Gasteiger partial charge on any atom is 0.231 e. The molecular weight excluding hydrogens is 302 g/mol. The highest BCUT2D eigenvalue weighted by Gasteiger charge is 2.15. The molecule has 0 aromatic heterocycles. The van der Waals surface area contributed by atoms with Crippen molar-refractivity contribution >= 4 is 23.1 Å². The molecule has 0 unspecified atom stereocenters. The molecule has 1 N–H and O–H groups in total. The topological polar surface area (TPSA) is 47.6 Å². The lowest BCUT2D eigenvalue weighted by atomic mass is 10.1. The molecule has 0 spiro atoms. The fraction of sp³-hybridized carbons (Fsp3) is 0.118. The lowest BCUT2D eigenvalue weighted by molar-refractivity contribution is 0.104. The maximum atomic E-state index is 12.1. The van der Waals surface area contributed by atoms with E-state index in [0.29, 0.717) is 22.1 Å². The molecule has 0 fully saturated rings. The van der Waals surface area contributed by atoms with Crippen LogP contribution in [0.2, 0.25) is 5.02 Å². The minimum absolute atomic E-state index is 0.120. The number of carbonyl (C=O) groups is 1. The molecule has 0 saturated carbocycles. The van der Waals surface area contributed by atoms with Gasteiger partial charge < -0.3 is 14.8 Å². The van der Waals surface area contributed by atoms with Gasteiger partial charge >= 0.3 is 0 Å². The van der Waals surface area contributed by atoms with Crippen LogP contribution in [0.15, 0.2) is 48.7 Å². The first-order valence-corrected chi connectivity index (χ1v) is 7.15. The Hall–Kier alpha value is -2.46. The Labute approximate surface area is 133 Å². The molecule has 2 aromatic carbocycles. The molecule has 2 aromatic rings. The molecule has 4 nitrogen and oxygen atoms in total. The fourth-order valence-electron chi connectivity index (χ4n) is 2.12. The van der Waals surface area contributed by atoms with Gasteiger partial charge in [0.1, 0.15) is 0 Å². The quantitative estimate of drug-likeness (QED) is 0.679. The Kier molecular flexibility index (Phi) is 4.02. The van der Waals surface area contributed by atoms with Crippen LogP contribution in [0, 0.1) is 6.92 Å². The van der Waals surface area contributed by atoms with Gasteiger partial charge in [0.15, 0.2) is 17.3 Å². The standard InChI is InChI=1S/C17H14ClNO3/c1-11-13(18)3-2-4-14(11)19-8-7-15(20)12-5-6-16-17(9-12)22-10-21-16/h2-9,19H,10H2,1H3. The second-order valence-corrected chi connectivity index (χ2v) is 5.23. The zero-order chi connectivity index (χ0) is 15.5. The van der Waals surface area contributed by atoms with Gasteiger partial charge in [-0.3, -0.25) is 4.79 Å². The van der Waals surface area contributed by atoms with Crippen LogP contribution in [0.25, 0.3) is 0 Å². The number of rotatable bonds is 4. The van der Waals surface area contributed by atoms with Crippen LogP contribution < -0.4 is 14.8 Å². The summed E-state index contributed by atoms with van der Waals surface area (Å²) in [5.74, 6) is 1.14. The number of ether oxygens (including phenoxy) is 2. The second kappa shape index (κ2) is 6.12. The summed E-state index contributed by atoms with van der Waals surface area (Å²) in [5.41, 5.74) is 2.34. The maximum absolute atomic E-state index is 12.1. The van der Waals surface area contributed by atoms with Crippen molar-refractivity contribution < 1.29 is 14.3 Å². The molecular formula is C17H14ClNO3. The van der Waals surface area contributed by atoms with Crippen LogP contribution in [-0.2, 0) is 0 Å². The third-order valence-electron chi connectivity index (χ3n) is 3.40. The molecule has 22 heavy (non-hydrogen) atoms. The normalized spacial score (nSPS) is 12.6. The van der Waals surface area contributed by atoms with Crippen molar-refractivity contribution in [2.24, 2.45) is 0 Å². The predicted octanol–water partition coefficient (Wildman–Crippen LogP) is 4.19. The van der Waals surface area contributed by atoms with Crippen molar-refractivity contribution in [2.75, 3.05) is 12.1 Å². The highest BCUT2D eigenvalue weighted by molar-refractivity contribution is 6.31. The van der Waals surface area contributed by atoms with E-state index in [1.54, 1.807) is 24.4 Å². The average molecular weight is 316 g/mol. The number of allylic oxidation sites excluding steroid dienone is 1. The molecule has 0 atom stereocenters. The number of halogens is 1. The molecule has 0 saturated heterocycles. The van der Waals surface area contributed by atoms with Gasteiger partial charge in [0, 0.05) is 28.5 Å². The molecule has 0 amide bonds. The number of anilines is 1. The molecule has 1 aliphatic heterocycles. The summed E-state index contributed by atoms with van der Waals surface area (Å²) in [6.07, 6.45) is 3.07. The van der Waals surface area contributed by atoms with Crippen LogP contribution in [0.3, 0.4) is 0 Å².